The van der Waals surface area contributed by atoms with Crippen LogP contribution < -0.4 is 4.74 Å². The van der Waals surface area contributed by atoms with Gasteiger partial charge in [-0.15, -0.1) is 0 Å². The quantitative estimate of drug-likeness (QED) is 0.649. The summed E-state index contributed by atoms with van der Waals surface area (Å²) in [4.78, 5) is 14.6. The number of ether oxygens (including phenoxy) is 2. The molecule has 25 heavy (non-hydrogen) atoms. The molecule has 0 saturated heterocycles. The molecule has 0 spiro atoms. The number of likely N-dealkylation sites (N-methyl/N-ethyl adjacent to an activating group) is 1. The molecular formula is C21H27NO3. The number of hydrogen-bond acceptors (Lipinski definition) is 4. The van der Waals surface area contributed by atoms with Crippen LogP contribution in [0, 0.1) is 0 Å². The summed E-state index contributed by atoms with van der Waals surface area (Å²) in [6.45, 7) is 8.51. The molecule has 0 bridgehead atoms. The molecule has 0 aliphatic rings. The molecule has 134 valence electrons. The van der Waals surface area contributed by atoms with Gasteiger partial charge >= 0.3 is 5.97 Å². The van der Waals surface area contributed by atoms with Gasteiger partial charge in [0.15, 0.2) is 6.61 Å². The predicted molar refractivity (Wildman–Crippen MR) is 99.6 cm³/mol. The van der Waals surface area contributed by atoms with E-state index in [1.165, 1.54) is 0 Å². The fourth-order valence-corrected chi connectivity index (χ4v) is 2.79. The van der Waals surface area contributed by atoms with Gasteiger partial charge in [-0.2, -0.15) is 0 Å². The van der Waals surface area contributed by atoms with Crippen LogP contribution in [0.2, 0.25) is 0 Å². The molecule has 0 N–H and O–H groups in total. The maximum absolute atomic E-state index is 12.4. The van der Waals surface area contributed by atoms with Crippen LogP contribution in [0.1, 0.15) is 26.3 Å². The molecule has 0 aliphatic heterocycles. The van der Waals surface area contributed by atoms with Gasteiger partial charge in [-0.1, -0.05) is 62.4 Å². The van der Waals surface area contributed by atoms with Crippen molar-refractivity contribution in [1.82, 2.24) is 4.90 Å². The third-order valence-corrected chi connectivity index (χ3v) is 4.24. The first-order chi connectivity index (χ1) is 12.1. The second-order valence-corrected chi connectivity index (χ2v) is 6.13. The van der Waals surface area contributed by atoms with E-state index in [1.807, 2.05) is 67.6 Å². The van der Waals surface area contributed by atoms with Crippen LogP contribution in [0.3, 0.4) is 0 Å². The first-order valence-electron chi connectivity index (χ1n) is 8.75. The molecule has 0 radical (unpaired) electrons. The summed E-state index contributed by atoms with van der Waals surface area (Å²) in [5.74, 6) is 0.284. The topological polar surface area (TPSA) is 38.8 Å². The zero-order chi connectivity index (χ0) is 18.1. The summed E-state index contributed by atoms with van der Waals surface area (Å²) in [5.41, 5.74) is 0.264. The van der Waals surface area contributed by atoms with Crippen molar-refractivity contribution in [2.45, 2.75) is 26.4 Å². The van der Waals surface area contributed by atoms with Crippen LogP contribution in [0.25, 0.3) is 0 Å². The second kappa shape index (κ2) is 9.23. The molecule has 0 saturated carbocycles. The van der Waals surface area contributed by atoms with Crippen LogP contribution in [-0.2, 0) is 15.1 Å². The molecule has 0 aromatic heterocycles. The van der Waals surface area contributed by atoms with E-state index >= 15 is 0 Å². The maximum atomic E-state index is 12.4. The Labute approximate surface area is 150 Å². The number of benzene rings is 2. The zero-order valence-electron chi connectivity index (χ0n) is 15.3. The Kier molecular flexibility index (Phi) is 7.02. The maximum Gasteiger partial charge on any atom is 0.345 e. The highest BCUT2D eigenvalue weighted by atomic mass is 16.6. The summed E-state index contributed by atoms with van der Waals surface area (Å²) >= 11 is 0. The molecule has 0 amide bonds. The molecule has 2 rings (SSSR count). The standard InChI is InChI=1S/C21H27NO3/c1-4-22(5-2)17-21(3,18-12-8-6-9-13-18)25-20(23)16-24-19-14-10-7-11-15-19/h6-15H,4-5,16-17H2,1-3H3. The number of carbonyl (C=O) groups is 1. The van der Waals surface area contributed by atoms with Crippen LogP contribution in [-0.4, -0.2) is 37.1 Å². The van der Waals surface area contributed by atoms with Gasteiger partial charge in [0.1, 0.15) is 11.4 Å². The first kappa shape index (κ1) is 19.0. The molecule has 0 fully saturated rings. The number of rotatable bonds is 9. The van der Waals surface area contributed by atoms with E-state index in [0.717, 1.165) is 18.7 Å². The Morgan fingerprint density at radius 2 is 1.52 bits per heavy atom. The van der Waals surface area contributed by atoms with Gasteiger partial charge in [-0.05, 0) is 37.7 Å². The van der Waals surface area contributed by atoms with Crippen molar-refractivity contribution in [3.63, 3.8) is 0 Å². The van der Waals surface area contributed by atoms with Crippen molar-refractivity contribution in [2.24, 2.45) is 0 Å². The summed E-state index contributed by atoms with van der Waals surface area (Å²) in [5, 5.41) is 0. The Bertz CT molecular complexity index is 641. The molecule has 4 nitrogen and oxygen atoms in total. The molecule has 0 aliphatic carbocycles. The average molecular weight is 341 g/mol. The fraction of sp³-hybridized carbons (Fsp3) is 0.381. The van der Waals surface area contributed by atoms with E-state index in [9.17, 15) is 4.79 Å². The van der Waals surface area contributed by atoms with E-state index in [-0.39, 0.29) is 12.6 Å². The lowest BCUT2D eigenvalue weighted by Crippen LogP contribution is -2.43. The highest BCUT2D eigenvalue weighted by Crippen LogP contribution is 2.27. The molecule has 0 heterocycles. The highest BCUT2D eigenvalue weighted by molar-refractivity contribution is 5.71. The highest BCUT2D eigenvalue weighted by Gasteiger charge is 2.32. The van der Waals surface area contributed by atoms with Gasteiger partial charge in [0, 0.05) is 6.54 Å². The van der Waals surface area contributed by atoms with Gasteiger partial charge in [0.2, 0.25) is 0 Å². The van der Waals surface area contributed by atoms with Gasteiger partial charge in [0.25, 0.3) is 0 Å². The third kappa shape index (κ3) is 5.61. The first-order valence-corrected chi connectivity index (χ1v) is 8.75. The van der Waals surface area contributed by atoms with Crippen LogP contribution in [0.4, 0.5) is 0 Å². The minimum absolute atomic E-state index is 0.106. The van der Waals surface area contributed by atoms with Gasteiger partial charge in [-0.3, -0.25) is 4.90 Å². The largest absolute Gasteiger partial charge is 0.482 e. The predicted octanol–water partition coefficient (Wildman–Crippen LogP) is 3.87. The fourth-order valence-electron chi connectivity index (χ4n) is 2.79. The summed E-state index contributed by atoms with van der Waals surface area (Å²) < 4.78 is 11.4. The van der Waals surface area contributed by atoms with E-state index < -0.39 is 5.60 Å². The van der Waals surface area contributed by atoms with Crippen molar-refractivity contribution >= 4 is 5.97 Å². The van der Waals surface area contributed by atoms with E-state index in [2.05, 4.69) is 18.7 Å². The lowest BCUT2D eigenvalue weighted by atomic mass is 9.95. The van der Waals surface area contributed by atoms with Gasteiger partial charge in [0.05, 0.1) is 0 Å². The van der Waals surface area contributed by atoms with Gasteiger partial charge < -0.3 is 9.47 Å². The van der Waals surface area contributed by atoms with E-state index in [1.54, 1.807) is 0 Å². The summed E-state index contributed by atoms with van der Waals surface area (Å²) in [6.07, 6.45) is 0. The SMILES string of the molecule is CCN(CC)CC(C)(OC(=O)COc1ccccc1)c1ccccc1. The van der Waals surface area contributed by atoms with Crippen LogP contribution >= 0.6 is 0 Å². The zero-order valence-corrected chi connectivity index (χ0v) is 15.3. The minimum Gasteiger partial charge on any atom is -0.482 e. The summed E-state index contributed by atoms with van der Waals surface area (Å²) in [7, 11) is 0. The Hall–Kier alpha value is -2.33. The van der Waals surface area contributed by atoms with E-state index in [0.29, 0.717) is 12.3 Å². The minimum atomic E-state index is -0.718. The third-order valence-electron chi connectivity index (χ3n) is 4.24. The van der Waals surface area contributed by atoms with Crippen LogP contribution in [0.5, 0.6) is 5.75 Å². The Morgan fingerprint density at radius 3 is 2.08 bits per heavy atom. The number of hydrogen-bond donors (Lipinski definition) is 0. The average Bonchev–Trinajstić information content (AvgIpc) is 2.66. The lowest BCUT2D eigenvalue weighted by molar-refractivity contribution is -0.163. The molecule has 1 unspecified atom stereocenters. The Balaban J connectivity index is 2.08. The van der Waals surface area contributed by atoms with Crippen molar-refractivity contribution in [1.29, 1.82) is 0 Å². The number of carbonyl (C=O) groups excluding carboxylic acids is 1. The number of esters is 1. The smallest absolute Gasteiger partial charge is 0.345 e. The van der Waals surface area contributed by atoms with Crippen molar-refractivity contribution in [2.75, 3.05) is 26.2 Å². The lowest BCUT2D eigenvalue weighted by Gasteiger charge is -2.34. The van der Waals surface area contributed by atoms with Crippen molar-refractivity contribution < 1.29 is 14.3 Å². The molecule has 4 heteroatoms. The normalized spacial score (nSPS) is 13.3. The van der Waals surface area contributed by atoms with Crippen LogP contribution in [0.15, 0.2) is 60.7 Å². The van der Waals surface area contributed by atoms with Crippen molar-refractivity contribution in [3.05, 3.63) is 66.2 Å². The number of para-hydroxylation sites is 1. The summed E-state index contributed by atoms with van der Waals surface area (Å²) in [6, 6.07) is 19.2. The molecule has 2 aromatic carbocycles. The van der Waals surface area contributed by atoms with Crippen molar-refractivity contribution in [3.8, 4) is 5.75 Å². The number of nitrogens with zero attached hydrogens (tertiary/aromatic N) is 1. The second-order valence-electron chi connectivity index (χ2n) is 6.13. The monoisotopic (exact) mass is 341 g/mol. The van der Waals surface area contributed by atoms with Gasteiger partial charge in [-0.25, -0.2) is 4.79 Å². The van der Waals surface area contributed by atoms with E-state index in [4.69, 9.17) is 9.47 Å². The molecular weight excluding hydrogens is 314 g/mol. The molecule has 1 atom stereocenters. The Morgan fingerprint density at radius 1 is 0.960 bits per heavy atom. The molecule has 2 aromatic rings.